The van der Waals surface area contributed by atoms with Crippen LogP contribution in [0, 0.1) is 0 Å². The second-order valence-corrected chi connectivity index (χ2v) is 7.79. The number of para-hydroxylation sites is 4. The first-order valence-corrected chi connectivity index (χ1v) is 9.95. The molecule has 4 nitrogen and oxygen atoms in total. The van der Waals surface area contributed by atoms with Crippen LogP contribution in [0.2, 0.25) is 0 Å². The number of nitrogens with zero attached hydrogens (tertiary/aromatic N) is 1. The highest BCUT2D eigenvalue weighted by Crippen LogP contribution is 2.45. The van der Waals surface area contributed by atoms with E-state index in [2.05, 4.69) is 24.3 Å². The summed E-state index contributed by atoms with van der Waals surface area (Å²) >= 11 is 0. The van der Waals surface area contributed by atoms with Gasteiger partial charge in [0, 0.05) is 32.7 Å². The third-order valence-corrected chi connectivity index (χ3v) is 6.07. The first-order valence-electron chi connectivity index (χ1n) is 9.95. The van der Waals surface area contributed by atoms with Crippen LogP contribution < -0.4 is 5.73 Å². The van der Waals surface area contributed by atoms with Crippen molar-refractivity contribution in [2.45, 2.75) is 5.66 Å². The molecule has 3 heterocycles. The molecule has 30 heavy (non-hydrogen) atoms. The van der Waals surface area contributed by atoms with E-state index in [1.54, 1.807) is 0 Å². The second-order valence-electron chi connectivity index (χ2n) is 7.79. The number of nitrogens with two attached hydrogens (primary N) is 1. The van der Waals surface area contributed by atoms with E-state index in [0.29, 0.717) is 0 Å². The maximum Gasteiger partial charge on any atom is 0.181 e. The summed E-state index contributed by atoms with van der Waals surface area (Å²) < 4.78 is 12.4. The molecule has 0 radical (unpaired) electrons. The van der Waals surface area contributed by atoms with Gasteiger partial charge in [-0.15, -0.1) is 0 Å². The van der Waals surface area contributed by atoms with Gasteiger partial charge >= 0.3 is 0 Å². The van der Waals surface area contributed by atoms with Crippen molar-refractivity contribution < 1.29 is 8.83 Å². The summed E-state index contributed by atoms with van der Waals surface area (Å²) in [6, 6.07) is 28.3. The van der Waals surface area contributed by atoms with Crippen LogP contribution in [0.3, 0.4) is 0 Å². The topological polar surface area (TPSA) is 64.7 Å². The van der Waals surface area contributed by atoms with Gasteiger partial charge in [-0.25, -0.2) is 0 Å². The Hall–Kier alpha value is -3.89. The van der Waals surface area contributed by atoms with Gasteiger partial charge in [-0.3, -0.25) is 10.7 Å². The molecule has 4 heteroatoms. The monoisotopic (exact) mass is 388 g/mol. The van der Waals surface area contributed by atoms with Crippen LogP contribution in [0.4, 0.5) is 0 Å². The number of benzene rings is 4. The Balaban J connectivity index is 1.43. The molecule has 1 atom stereocenters. The zero-order valence-electron chi connectivity index (χ0n) is 15.9. The Kier molecular flexibility index (Phi) is 2.86. The molecule has 0 bridgehead atoms. The third kappa shape index (κ3) is 1.96. The van der Waals surface area contributed by atoms with Gasteiger partial charge in [-0.05, 0) is 18.2 Å². The maximum atomic E-state index is 6.81. The second kappa shape index (κ2) is 5.38. The minimum absolute atomic E-state index is 0.789. The molecule has 4 aromatic carbocycles. The minimum Gasteiger partial charge on any atom is -0.456 e. The zero-order valence-corrected chi connectivity index (χ0v) is 15.9. The largest absolute Gasteiger partial charge is 0.456 e. The van der Waals surface area contributed by atoms with Gasteiger partial charge in [-0.2, -0.15) is 0 Å². The van der Waals surface area contributed by atoms with Crippen molar-refractivity contribution in [3.63, 3.8) is 0 Å². The van der Waals surface area contributed by atoms with Crippen molar-refractivity contribution in [3.8, 4) is 0 Å². The average molecular weight is 388 g/mol. The van der Waals surface area contributed by atoms with Gasteiger partial charge in [0.25, 0.3) is 0 Å². The Labute approximate surface area is 171 Å². The first kappa shape index (κ1) is 16.0. The fraction of sp³-hybridized carbons (Fsp3) is 0.0385. The summed E-state index contributed by atoms with van der Waals surface area (Å²) in [5, 5.41) is 4.30. The fourth-order valence-electron chi connectivity index (χ4n) is 4.58. The molecule has 1 aliphatic heterocycles. The smallest absolute Gasteiger partial charge is 0.181 e. The molecule has 2 aromatic heterocycles. The quantitative estimate of drug-likeness (QED) is 0.390. The Morgan fingerprint density at radius 1 is 0.600 bits per heavy atom. The molecule has 0 spiro atoms. The van der Waals surface area contributed by atoms with Gasteiger partial charge in [0.05, 0.1) is 5.71 Å². The molecule has 0 saturated heterocycles. The lowest BCUT2D eigenvalue weighted by Crippen LogP contribution is -2.28. The summed E-state index contributed by atoms with van der Waals surface area (Å²) in [6.45, 7) is 0. The third-order valence-electron chi connectivity index (χ3n) is 6.07. The van der Waals surface area contributed by atoms with E-state index < -0.39 is 5.66 Å². The van der Waals surface area contributed by atoms with Gasteiger partial charge in [-0.1, -0.05) is 66.7 Å². The standard InChI is InChI=1S/C26H16N2O2/c27-26(20-12-6-10-18-16-8-2-4-14-22(16)30-24(18)20)25(28-26)19-11-5-9-17-15-7-1-3-13-21(15)29-23(17)19/h1-14H,27H2. The summed E-state index contributed by atoms with van der Waals surface area (Å²) in [4.78, 5) is 4.74. The van der Waals surface area contributed by atoms with E-state index in [4.69, 9.17) is 19.6 Å². The van der Waals surface area contributed by atoms with Crippen molar-refractivity contribution >= 4 is 49.6 Å². The summed E-state index contributed by atoms with van der Waals surface area (Å²) in [5.74, 6) is 0. The lowest BCUT2D eigenvalue weighted by Gasteiger charge is -2.10. The summed E-state index contributed by atoms with van der Waals surface area (Å²) in [5.41, 5.74) is 11.8. The Bertz CT molecular complexity index is 1670. The van der Waals surface area contributed by atoms with Crippen molar-refractivity contribution in [3.05, 3.63) is 96.1 Å². The first-order chi connectivity index (χ1) is 14.7. The number of rotatable bonds is 2. The van der Waals surface area contributed by atoms with E-state index >= 15 is 0 Å². The molecule has 142 valence electrons. The number of hydrogen-bond donors (Lipinski definition) is 1. The van der Waals surface area contributed by atoms with E-state index in [0.717, 1.165) is 60.7 Å². The number of aliphatic imine (C=N–C) groups is 1. The van der Waals surface area contributed by atoms with Crippen molar-refractivity contribution in [1.29, 1.82) is 0 Å². The van der Waals surface area contributed by atoms with Crippen LogP contribution in [-0.4, -0.2) is 5.71 Å². The highest BCUT2D eigenvalue weighted by molar-refractivity contribution is 6.25. The molecule has 0 amide bonds. The van der Waals surface area contributed by atoms with Crippen LogP contribution in [-0.2, 0) is 5.66 Å². The number of furan rings is 2. The zero-order chi connectivity index (χ0) is 19.9. The van der Waals surface area contributed by atoms with Crippen molar-refractivity contribution in [2.75, 3.05) is 0 Å². The Morgan fingerprint density at radius 3 is 1.90 bits per heavy atom. The van der Waals surface area contributed by atoms with Gasteiger partial charge in [0.2, 0.25) is 0 Å². The highest BCUT2D eigenvalue weighted by Gasteiger charge is 2.48. The van der Waals surface area contributed by atoms with E-state index in [-0.39, 0.29) is 0 Å². The molecule has 1 aliphatic rings. The molecular weight excluding hydrogens is 372 g/mol. The van der Waals surface area contributed by atoms with Gasteiger partial charge < -0.3 is 8.83 Å². The lowest BCUT2D eigenvalue weighted by atomic mass is 9.96. The van der Waals surface area contributed by atoms with Crippen LogP contribution >= 0.6 is 0 Å². The molecule has 0 fully saturated rings. The summed E-state index contributed by atoms with van der Waals surface area (Å²) in [6.07, 6.45) is 0. The van der Waals surface area contributed by atoms with Crippen molar-refractivity contribution in [2.24, 2.45) is 10.7 Å². The molecule has 6 aromatic rings. The SMILES string of the molecule is NC1(c2cccc3c2oc2ccccc23)N=C1c1cccc2c1oc1ccccc12. The summed E-state index contributed by atoms with van der Waals surface area (Å²) in [7, 11) is 0. The minimum atomic E-state index is -0.916. The Morgan fingerprint density at radius 2 is 1.17 bits per heavy atom. The van der Waals surface area contributed by atoms with Gasteiger partial charge in [0.1, 0.15) is 22.3 Å². The molecule has 1 unspecified atom stereocenters. The molecular formula is C26H16N2O2. The van der Waals surface area contributed by atoms with E-state index in [1.165, 1.54) is 0 Å². The lowest BCUT2D eigenvalue weighted by molar-refractivity contribution is 0.646. The molecule has 7 rings (SSSR count). The predicted molar refractivity (Wildman–Crippen MR) is 120 cm³/mol. The molecule has 2 N–H and O–H groups in total. The fourth-order valence-corrected chi connectivity index (χ4v) is 4.58. The van der Waals surface area contributed by atoms with Crippen LogP contribution in [0.25, 0.3) is 43.9 Å². The van der Waals surface area contributed by atoms with E-state index in [1.807, 2.05) is 60.7 Å². The van der Waals surface area contributed by atoms with E-state index in [9.17, 15) is 0 Å². The average Bonchev–Trinajstić information content (AvgIpc) is 3.15. The molecule has 0 aliphatic carbocycles. The van der Waals surface area contributed by atoms with Crippen LogP contribution in [0.1, 0.15) is 11.1 Å². The number of fused-ring (bicyclic) bond motifs is 6. The van der Waals surface area contributed by atoms with Crippen molar-refractivity contribution in [1.82, 2.24) is 0 Å². The maximum absolute atomic E-state index is 6.81. The van der Waals surface area contributed by atoms with Gasteiger partial charge in [0.15, 0.2) is 5.66 Å². The highest BCUT2D eigenvalue weighted by atomic mass is 16.3. The number of hydrogen-bond acceptors (Lipinski definition) is 4. The molecule has 0 saturated carbocycles. The van der Waals surface area contributed by atoms with Crippen LogP contribution in [0.5, 0.6) is 0 Å². The normalized spacial score (nSPS) is 18.5. The van der Waals surface area contributed by atoms with Crippen LogP contribution in [0.15, 0.2) is 98.8 Å². The predicted octanol–water partition coefficient (Wildman–Crippen LogP) is 6.10.